The highest BCUT2D eigenvalue weighted by atomic mass is 16.5. The molecular weight excluding hydrogens is 378 g/mol. The second kappa shape index (κ2) is 8.16. The Balaban J connectivity index is 1.91. The van der Waals surface area contributed by atoms with Crippen LogP contribution >= 0.6 is 0 Å². The second-order valence-electron chi connectivity index (χ2n) is 8.82. The third-order valence-electron chi connectivity index (χ3n) is 6.96. The summed E-state index contributed by atoms with van der Waals surface area (Å²) in [7, 11) is 0. The third kappa shape index (κ3) is 3.17. The molecular formula is C24H33N3O3. The van der Waals surface area contributed by atoms with E-state index in [0.717, 1.165) is 72.5 Å². The average Bonchev–Trinajstić information content (AvgIpc) is 3.21. The first-order chi connectivity index (χ1) is 14.4. The van der Waals surface area contributed by atoms with Crippen LogP contribution < -0.4 is 5.32 Å². The van der Waals surface area contributed by atoms with Gasteiger partial charge in [-0.3, -0.25) is 9.69 Å². The van der Waals surface area contributed by atoms with Crippen molar-refractivity contribution < 1.29 is 14.4 Å². The molecule has 162 valence electrons. The van der Waals surface area contributed by atoms with Crippen LogP contribution in [0.1, 0.15) is 63.0 Å². The van der Waals surface area contributed by atoms with Crippen LogP contribution in [0, 0.1) is 19.8 Å². The number of aromatic nitrogens is 1. The van der Waals surface area contributed by atoms with Gasteiger partial charge in [-0.25, -0.2) is 0 Å². The molecule has 0 radical (unpaired) electrons. The van der Waals surface area contributed by atoms with Crippen LogP contribution in [0.2, 0.25) is 0 Å². The zero-order chi connectivity index (χ0) is 21.5. The number of amides is 1. The van der Waals surface area contributed by atoms with Crippen LogP contribution in [0.15, 0.2) is 22.7 Å². The van der Waals surface area contributed by atoms with Crippen molar-refractivity contribution in [2.24, 2.45) is 5.92 Å². The van der Waals surface area contributed by atoms with Crippen LogP contribution in [-0.2, 0) is 10.3 Å². The SMILES string of the molecule is CCCC(CC)C1(N2CCCC(O)C2)C(=O)Nc2ccc(-c3c(C)noc3C)cc21. The molecule has 2 aromatic rings. The number of nitrogens with zero attached hydrogens (tertiary/aromatic N) is 2. The van der Waals surface area contributed by atoms with E-state index >= 15 is 0 Å². The number of nitrogens with one attached hydrogen (secondary N) is 1. The quantitative estimate of drug-likeness (QED) is 0.737. The molecule has 4 rings (SSSR count). The average molecular weight is 412 g/mol. The molecule has 0 saturated carbocycles. The Hall–Kier alpha value is -2.18. The van der Waals surface area contributed by atoms with Gasteiger partial charge in [0.1, 0.15) is 11.3 Å². The fraction of sp³-hybridized carbons (Fsp3) is 0.583. The molecule has 3 atom stereocenters. The topological polar surface area (TPSA) is 78.6 Å². The number of hydrogen-bond acceptors (Lipinski definition) is 5. The van der Waals surface area contributed by atoms with Crippen LogP contribution in [0.5, 0.6) is 0 Å². The summed E-state index contributed by atoms with van der Waals surface area (Å²) in [5.74, 6) is 1.00. The highest BCUT2D eigenvalue weighted by molar-refractivity contribution is 6.06. The first-order valence-electron chi connectivity index (χ1n) is 11.3. The Morgan fingerprint density at radius 2 is 2.17 bits per heavy atom. The Morgan fingerprint density at radius 1 is 1.37 bits per heavy atom. The molecule has 3 unspecified atom stereocenters. The van der Waals surface area contributed by atoms with E-state index in [0.29, 0.717) is 6.54 Å². The number of fused-ring (bicyclic) bond motifs is 1. The van der Waals surface area contributed by atoms with Crippen molar-refractivity contribution in [3.63, 3.8) is 0 Å². The molecule has 2 aliphatic rings. The van der Waals surface area contributed by atoms with E-state index in [2.05, 4.69) is 35.3 Å². The molecule has 1 saturated heterocycles. The van der Waals surface area contributed by atoms with Gasteiger partial charge >= 0.3 is 0 Å². The number of aliphatic hydroxyl groups is 1. The summed E-state index contributed by atoms with van der Waals surface area (Å²) in [5, 5.41) is 17.7. The molecule has 1 amide bonds. The summed E-state index contributed by atoms with van der Waals surface area (Å²) < 4.78 is 5.40. The summed E-state index contributed by atoms with van der Waals surface area (Å²) in [4.78, 5) is 16.0. The number of aliphatic hydroxyl groups excluding tert-OH is 1. The summed E-state index contributed by atoms with van der Waals surface area (Å²) in [6, 6.07) is 6.20. The van der Waals surface area contributed by atoms with E-state index in [9.17, 15) is 9.90 Å². The maximum atomic E-state index is 13.7. The minimum Gasteiger partial charge on any atom is -0.392 e. The third-order valence-corrected chi connectivity index (χ3v) is 6.96. The van der Waals surface area contributed by atoms with Crippen LogP contribution in [-0.4, -0.2) is 40.3 Å². The van der Waals surface area contributed by atoms with E-state index in [-0.39, 0.29) is 11.8 Å². The number of aryl methyl sites for hydroxylation is 2. The Bertz CT molecular complexity index is 918. The number of rotatable bonds is 6. The van der Waals surface area contributed by atoms with Crippen molar-refractivity contribution in [3.8, 4) is 11.1 Å². The van der Waals surface area contributed by atoms with Crippen LogP contribution in [0.4, 0.5) is 5.69 Å². The molecule has 0 spiro atoms. The van der Waals surface area contributed by atoms with E-state index in [1.165, 1.54) is 0 Å². The first-order valence-corrected chi connectivity index (χ1v) is 11.3. The fourth-order valence-corrected chi connectivity index (χ4v) is 5.67. The molecule has 0 aliphatic carbocycles. The largest absolute Gasteiger partial charge is 0.392 e. The maximum absolute atomic E-state index is 13.7. The lowest BCUT2D eigenvalue weighted by Crippen LogP contribution is -2.59. The van der Waals surface area contributed by atoms with Gasteiger partial charge in [0.05, 0.1) is 11.8 Å². The van der Waals surface area contributed by atoms with E-state index in [1.54, 1.807) is 0 Å². The predicted octanol–water partition coefficient (Wildman–Crippen LogP) is 4.39. The zero-order valence-corrected chi connectivity index (χ0v) is 18.5. The van der Waals surface area contributed by atoms with Gasteiger partial charge in [-0.15, -0.1) is 0 Å². The number of anilines is 1. The van der Waals surface area contributed by atoms with Gasteiger partial charge in [-0.05, 0) is 63.3 Å². The molecule has 6 nitrogen and oxygen atoms in total. The smallest absolute Gasteiger partial charge is 0.249 e. The van der Waals surface area contributed by atoms with Crippen molar-refractivity contribution in [1.29, 1.82) is 0 Å². The summed E-state index contributed by atoms with van der Waals surface area (Å²) in [6.07, 6.45) is 4.19. The number of likely N-dealkylation sites (tertiary alicyclic amines) is 1. The summed E-state index contributed by atoms with van der Waals surface area (Å²) in [6.45, 7) is 9.57. The molecule has 0 bridgehead atoms. The van der Waals surface area contributed by atoms with Crippen molar-refractivity contribution in [2.75, 3.05) is 18.4 Å². The zero-order valence-electron chi connectivity index (χ0n) is 18.5. The standard InChI is InChI=1S/C24H33N3O3/c1-5-8-18(6-2)24(27-12-7-9-19(28)14-27)20-13-17(10-11-21(20)25-23(24)29)22-15(3)26-30-16(22)4/h10-11,13,18-19,28H,5-9,12,14H2,1-4H3,(H,25,29). The van der Waals surface area contributed by atoms with Gasteiger partial charge in [0.15, 0.2) is 0 Å². The van der Waals surface area contributed by atoms with Gasteiger partial charge in [0, 0.05) is 23.4 Å². The number of carbonyl (C=O) groups excluding carboxylic acids is 1. The second-order valence-corrected chi connectivity index (χ2v) is 8.82. The van der Waals surface area contributed by atoms with Crippen LogP contribution in [0.25, 0.3) is 11.1 Å². The lowest BCUT2D eigenvalue weighted by molar-refractivity contribution is -0.135. The number of benzene rings is 1. The first kappa shape index (κ1) is 21.1. The van der Waals surface area contributed by atoms with Gasteiger partial charge in [0.25, 0.3) is 0 Å². The lowest BCUT2D eigenvalue weighted by atomic mass is 9.72. The van der Waals surface area contributed by atoms with Crippen molar-refractivity contribution >= 4 is 11.6 Å². The van der Waals surface area contributed by atoms with Crippen molar-refractivity contribution in [2.45, 2.75) is 71.4 Å². The highest BCUT2D eigenvalue weighted by Crippen LogP contribution is 2.50. The molecule has 2 N–H and O–H groups in total. The van der Waals surface area contributed by atoms with E-state index < -0.39 is 11.6 Å². The van der Waals surface area contributed by atoms with E-state index in [1.807, 2.05) is 26.0 Å². The van der Waals surface area contributed by atoms with Crippen LogP contribution in [0.3, 0.4) is 0 Å². The van der Waals surface area contributed by atoms with Crippen molar-refractivity contribution in [1.82, 2.24) is 10.1 Å². The molecule has 2 aliphatic heterocycles. The number of piperidine rings is 1. The molecule has 30 heavy (non-hydrogen) atoms. The normalized spacial score (nSPS) is 25.2. The molecule has 3 heterocycles. The predicted molar refractivity (Wildman–Crippen MR) is 117 cm³/mol. The summed E-state index contributed by atoms with van der Waals surface area (Å²) >= 11 is 0. The number of β-amino-alcohol motifs (C(OH)–C–C–N with tert-alkyl or cyclic N) is 1. The Kier molecular flexibility index (Phi) is 5.73. The molecule has 1 aromatic heterocycles. The Labute approximate surface area is 178 Å². The minimum atomic E-state index is -0.753. The monoisotopic (exact) mass is 411 g/mol. The molecule has 1 fully saturated rings. The number of carbonyl (C=O) groups is 1. The van der Waals surface area contributed by atoms with Gasteiger partial charge in [0.2, 0.25) is 5.91 Å². The minimum absolute atomic E-state index is 0.0443. The van der Waals surface area contributed by atoms with Crippen molar-refractivity contribution in [3.05, 3.63) is 35.2 Å². The summed E-state index contributed by atoms with van der Waals surface area (Å²) in [5.41, 5.74) is 4.02. The lowest BCUT2D eigenvalue weighted by Gasteiger charge is -2.47. The maximum Gasteiger partial charge on any atom is 0.249 e. The van der Waals surface area contributed by atoms with E-state index in [4.69, 9.17) is 4.52 Å². The van der Waals surface area contributed by atoms with Gasteiger partial charge in [-0.1, -0.05) is 37.9 Å². The highest BCUT2D eigenvalue weighted by Gasteiger charge is 2.56. The fourth-order valence-electron chi connectivity index (χ4n) is 5.67. The Morgan fingerprint density at radius 3 is 2.80 bits per heavy atom. The number of hydrogen-bond donors (Lipinski definition) is 2. The van der Waals surface area contributed by atoms with Gasteiger partial charge in [-0.2, -0.15) is 0 Å². The molecule has 1 aromatic carbocycles. The van der Waals surface area contributed by atoms with Gasteiger partial charge < -0.3 is 14.9 Å². The molecule has 6 heteroatoms.